The minimum absolute atomic E-state index is 0.00453. The lowest BCUT2D eigenvalue weighted by Gasteiger charge is -2.61. The van der Waals surface area contributed by atoms with Crippen LogP contribution in [0.1, 0.15) is 69.4 Å². The monoisotopic (exact) mass is 383 g/mol. The first kappa shape index (κ1) is 17.7. The van der Waals surface area contributed by atoms with Crippen LogP contribution in [0.25, 0.3) is 0 Å². The van der Waals surface area contributed by atoms with Crippen molar-refractivity contribution < 1.29 is 14.9 Å². The molecule has 4 heteroatoms. The van der Waals surface area contributed by atoms with Crippen molar-refractivity contribution in [3.8, 4) is 5.75 Å². The maximum absolute atomic E-state index is 10.3. The molecule has 1 saturated carbocycles. The quantitative estimate of drug-likeness (QED) is 0.835. The molecule has 3 heterocycles. The number of fused-ring (bicyclic) bond motifs is 2. The fraction of sp³-hybridized carbons (Fsp3) is 0.750. The van der Waals surface area contributed by atoms with Crippen LogP contribution in [-0.2, 0) is 16.6 Å². The Morgan fingerprint density at radius 3 is 2.89 bits per heavy atom. The molecule has 152 valence electrons. The molecule has 28 heavy (non-hydrogen) atoms. The summed E-state index contributed by atoms with van der Waals surface area (Å²) in [6.45, 7) is 4.28. The highest BCUT2D eigenvalue weighted by atomic mass is 16.5. The molecule has 1 unspecified atom stereocenters. The van der Waals surface area contributed by atoms with Gasteiger partial charge in [-0.25, -0.2) is 0 Å². The standard InChI is InChI=1S/C24H33NO3/c1-16(26)13-22-7-2-8-24(28-22)21-11-18-5-6-19(27)12-20(18)23(24,15-22)9-10-25(21)14-17-3-4-17/h5-6,12,16-17,21,26-27H,2-4,7-11,13-15H2,1H3/t16?,21-,22+,23-,24-/m1/s1. The summed E-state index contributed by atoms with van der Waals surface area (Å²) in [6, 6.07) is 6.51. The first-order valence-corrected chi connectivity index (χ1v) is 11.4. The smallest absolute Gasteiger partial charge is 0.115 e. The molecule has 5 aliphatic rings. The van der Waals surface area contributed by atoms with Gasteiger partial charge in [0.1, 0.15) is 5.75 Å². The fourth-order valence-electron chi connectivity index (χ4n) is 7.71. The number of piperidine rings is 1. The molecule has 3 saturated heterocycles. The zero-order valence-electron chi connectivity index (χ0n) is 17.0. The van der Waals surface area contributed by atoms with Crippen LogP contribution in [0.3, 0.4) is 0 Å². The van der Waals surface area contributed by atoms with Gasteiger partial charge in [-0.05, 0) is 94.0 Å². The number of benzene rings is 1. The van der Waals surface area contributed by atoms with Crippen molar-refractivity contribution in [2.75, 3.05) is 13.1 Å². The fourth-order valence-corrected chi connectivity index (χ4v) is 7.71. The van der Waals surface area contributed by atoms with E-state index in [1.165, 1.54) is 36.9 Å². The molecule has 4 fully saturated rings. The summed E-state index contributed by atoms with van der Waals surface area (Å²) in [6.07, 6.45) is 9.71. The van der Waals surface area contributed by atoms with Crippen LogP contribution in [-0.4, -0.2) is 51.6 Å². The number of rotatable bonds is 4. The SMILES string of the molecule is CC(O)C[C@]12CCC[C@@]3(O1)[C@H]1Cc4ccc(O)cc4[C@@]3(CCN1CC1CC1)C2. The van der Waals surface area contributed by atoms with E-state index in [4.69, 9.17) is 4.74 Å². The summed E-state index contributed by atoms with van der Waals surface area (Å²) in [5.41, 5.74) is 2.41. The number of likely N-dealkylation sites (tertiary alicyclic amines) is 1. The van der Waals surface area contributed by atoms with Crippen molar-refractivity contribution in [1.29, 1.82) is 0 Å². The number of phenols is 1. The molecule has 1 aromatic carbocycles. The third-order valence-electron chi connectivity index (χ3n) is 8.70. The molecule has 6 rings (SSSR count). The maximum Gasteiger partial charge on any atom is 0.115 e. The van der Waals surface area contributed by atoms with Crippen LogP contribution in [0.5, 0.6) is 5.75 Å². The Morgan fingerprint density at radius 1 is 1.25 bits per heavy atom. The Balaban J connectivity index is 1.51. The average molecular weight is 384 g/mol. The third kappa shape index (κ3) is 2.28. The van der Waals surface area contributed by atoms with E-state index in [1.807, 2.05) is 19.1 Å². The highest BCUT2D eigenvalue weighted by Gasteiger charge is 2.73. The minimum Gasteiger partial charge on any atom is -0.508 e. The molecule has 1 aromatic rings. The maximum atomic E-state index is 10.3. The second-order valence-corrected chi connectivity index (χ2v) is 10.6. The van der Waals surface area contributed by atoms with E-state index in [1.54, 1.807) is 0 Å². The zero-order valence-corrected chi connectivity index (χ0v) is 17.0. The molecule has 0 amide bonds. The molecule has 5 atom stereocenters. The Kier molecular flexibility index (Phi) is 3.63. The van der Waals surface area contributed by atoms with Crippen LogP contribution < -0.4 is 0 Å². The lowest BCUT2D eigenvalue weighted by molar-refractivity contribution is -0.208. The molecule has 1 spiro atoms. The van der Waals surface area contributed by atoms with E-state index < -0.39 is 0 Å². The van der Waals surface area contributed by atoms with E-state index in [-0.39, 0.29) is 22.7 Å². The van der Waals surface area contributed by atoms with Crippen LogP contribution >= 0.6 is 0 Å². The van der Waals surface area contributed by atoms with Gasteiger partial charge < -0.3 is 14.9 Å². The van der Waals surface area contributed by atoms with Gasteiger partial charge in [0, 0.05) is 24.4 Å². The number of nitrogens with zero attached hydrogens (tertiary/aromatic N) is 1. The molecule has 0 radical (unpaired) electrons. The Labute approximate surface area is 167 Å². The van der Waals surface area contributed by atoms with Crippen LogP contribution in [0.2, 0.25) is 0 Å². The van der Waals surface area contributed by atoms with E-state index in [0.717, 1.165) is 51.0 Å². The summed E-state index contributed by atoms with van der Waals surface area (Å²) in [5, 5.41) is 20.6. The van der Waals surface area contributed by atoms with Gasteiger partial charge in [0.15, 0.2) is 0 Å². The van der Waals surface area contributed by atoms with Crippen LogP contribution in [0, 0.1) is 5.92 Å². The predicted molar refractivity (Wildman–Crippen MR) is 108 cm³/mol. The first-order chi connectivity index (χ1) is 13.5. The summed E-state index contributed by atoms with van der Waals surface area (Å²) >= 11 is 0. The van der Waals surface area contributed by atoms with Crippen LogP contribution in [0.4, 0.5) is 0 Å². The number of aliphatic hydroxyl groups excluding tert-OH is 1. The van der Waals surface area contributed by atoms with Gasteiger partial charge in [-0.15, -0.1) is 0 Å². The lowest BCUT2D eigenvalue weighted by Crippen LogP contribution is -2.70. The van der Waals surface area contributed by atoms with Gasteiger partial charge in [-0.2, -0.15) is 0 Å². The lowest BCUT2D eigenvalue weighted by atomic mass is 9.53. The van der Waals surface area contributed by atoms with E-state index >= 15 is 0 Å². The second kappa shape index (κ2) is 5.74. The highest BCUT2D eigenvalue weighted by Crippen LogP contribution is 2.68. The van der Waals surface area contributed by atoms with Crippen molar-refractivity contribution in [2.24, 2.45) is 5.92 Å². The van der Waals surface area contributed by atoms with Gasteiger partial charge in [0.25, 0.3) is 0 Å². The van der Waals surface area contributed by atoms with Gasteiger partial charge >= 0.3 is 0 Å². The third-order valence-corrected chi connectivity index (χ3v) is 8.70. The van der Waals surface area contributed by atoms with Gasteiger partial charge in [0.2, 0.25) is 0 Å². The summed E-state index contributed by atoms with van der Waals surface area (Å²) in [7, 11) is 0. The summed E-state index contributed by atoms with van der Waals surface area (Å²) < 4.78 is 7.19. The molecule has 2 aliphatic carbocycles. The molecular weight excluding hydrogens is 350 g/mol. The molecule has 2 N–H and O–H groups in total. The number of phenolic OH excluding ortho intramolecular Hbond substituents is 1. The Bertz CT molecular complexity index is 805. The van der Waals surface area contributed by atoms with E-state index in [0.29, 0.717) is 11.8 Å². The normalized spacial score (nSPS) is 42.7. The van der Waals surface area contributed by atoms with Gasteiger partial charge in [0.05, 0.1) is 17.3 Å². The molecule has 3 aliphatic heterocycles. The number of hydrogen-bond acceptors (Lipinski definition) is 4. The summed E-state index contributed by atoms with van der Waals surface area (Å²) in [5.74, 6) is 1.27. The van der Waals surface area contributed by atoms with Gasteiger partial charge in [-0.3, -0.25) is 4.90 Å². The topological polar surface area (TPSA) is 52.9 Å². The zero-order chi connectivity index (χ0) is 19.1. The summed E-state index contributed by atoms with van der Waals surface area (Å²) in [4.78, 5) is 2.76. The largest absolute Gasteiger partial charge is 0.508 e. The number of aromatic hydroxyl groups is 1. The van der Waals surface area contributed by atoms with E-state index in [9.17, 15) is 10.2 Å². The van der Waals surface area contributed by atoms with Crippen molar-refractivity contribution in [3.63, 3.8) is 0 Å². The van der Waals surface area contributed by atoms with Crippen molar-refractivity contribution in [1.82, 2.24) is 4.90 Å². The van der Waals surface area contributed by atoms with Crippen molar-refractivity contribution in [3.05, 3.63) is 29.3 Å². The van der Waals surface area contributed by atoms with Crippen LogP contribution in [0.15, 0.2) is 18.2 Å². The number of aliphatic hydroxyl groups is 1. The predicted octanol–water partition coefficient (Wildman–Crippen LogP) is 3.52. The molecule has 0 aromatic heterocycles. The number of hydrogen-bond donors (Lipinski definition) is 2. The number of ether oxygens (including phenoxy) is 1. The molecule has 4 nitrogen and oxygen atoms in total. The minimum atomic E-state index is -0.335. The Hall–Kier alpha value is -1.10. The first-order valence-electron chi connectivity index (χ1n) is 11.4. The average Bonchev–Trinajstić information content (AvgIpc) is 3.41. The van der Waals surface area contributed by atoms with Crippen molar-refractivity contribution in [2.45, 2.75) is 93.5 Å². The Morgan fingerprint density at radius 2 is 2.11 bits per heavy atom. The molecular formula is C24H33NO3. The second-order valence-electron chi connectivity index (χ2n) is 10.6. The highest BCUT2D eigenvalue weighted by molar-refractivity contribution is 5.50. The molecule has 4 bridgehead atoms. The van der Waals surface area contributed by atoms with E-state index in [2.05, 4.69) is 11.0 Å². The van der Waals surface area contributed by atoms with Crippen molar-refractivity contribution >= 4 is 0 Å². The van der Waals surface area contributed by atoms with Gasteiger partial charge in [-0.1, -0.05) is 6.07 Å².